The van der Waals surface area contributed by atoms with E-state index in [1.54, 1.807) is 0 Å². The van der Waals surface area contributed by atoms with Gasteiger partial charge < -0.3 is 15.4 Å². The lowest BCUT2D eigenvalue weighted by atomic mass is 10.1. The van der Waals surface area contributed by atoms with Crippen LogP contribution in [-0.2, 0) is 4.79 Å². The SMILES string of the molecule is N#CCCNC(=O)CN1CCC/C(=N/O)c2ccccc21. The second-order valence-corrected chi connectivity index (χ2v) is 4.85. The van der Waals surface area contributed by atoms with Crippen molar-refractivity contribution in [1.29, 1.82) is 5.26 Å². The van der Waals surface area contributed by atoms with Gasteiger partial charge in [-0.1, -0.05) is 23.4 Å². The van der Waals surface area contributed by atoms with Crippen LogP contribution in [0.5, 0.6) is 0 Å². The molecule has 21 heavy (non-hydrogen) atoms. The standard InChI is InChI=1S/C15H18N4O2/c16-8-4-9-17-15(20)11-19-10-3-6-13(18-21)12-5-1-2-7-14(12)19/h1-2,5,7,21H,3-4,6,9-11H2,(H,17,20)/b18-13-. The molecule has 0 unspecified atom stereocenters. The number of benzene rings is 1. The fourth-order valence-electron chi connectivity index (χ4n) is 2.44. The highest BCUT2D eigenvalue weighted by molar-refractivity contribution is 6.05. The average molecular weight is 286 g/mol. The summed E-state index contributed by atoms with van der Waals surface area (Å²) in [6.07, 6.45) is 1.81. The van der Waals surface area contributed by atoms with Crippen molar-refractivity contribution in [3.05, 3.63) is 29.8 Å². The number of carbonyl (C=O) groups is 1. The van der Waals surface area contributed by atoms with Crippen molar-refractivity contribution in [1.82, 2.24) is 5.32 Å². The molecule has 1 amide bonds. The van der Waals surface area contributed by atoms with Crippen molar-refractivity contribution >= 4 is 17.3 Å². The van der Waals surface area contributed by atoms with E-state index in [0.717, 1.165) is 24.2 Å². The number of oxime groups is 1. The Bertz CT molecular complexity index is 577. The highest BCUT2D eigenvalue weighted by Gasteiger charge is 2.21. The van der Waals surface area contributed by atoms with E-state index in [1.807, 2.05) is 35.2 Å². The molecule has 0 aliphatic carbocycles. The van der Waals surface area contributed by atoms with Gasteiger partial charge in [-0.05, 0) is 18.9 Å². The van der Waals surface area contributed by atoms with E-state index < -0.39 is 0 Å². The van der Waals surface area contributed by atoms with Crippen molar-refractivity contribution in [2.45, 2.75) is 19.3 Å². The van der Waals surface area contributed by atoms with Gasteiger partial charge in [0, 0.05) is 24.3 Å². The topological polar surface area (TPSA) is 88.7 Å². The number of rotatable bonds is 4. The summed E-state index contributed by atoms with van der Waals surface area (Å²) in [6.45, 7) is 1.33. The van der Waals surface area contributed by atoms with Crippen molar-refractivity contribution in [3.8, 4) is 6.07 Å². The second kappa shape index (κ2) is 7.29. The minimum absolute atomic E-state index is 0.107. The van der Waals surface area contributed by atoms with Gasteiger partial charge in [-0.25, -0.2) is 0 Å². The number of carbonyl (C=O) groups excluding carboxylic acids is 1. The van der Waals surface area contributed by atoms with Crippen LogP contribution in [0.4, 0.5) is 5.69 Å². The summed E-state index contributed by atoms with van der Waals surface area (Å²) in [7, 11) is 0. The van der Waals surface area contributed by atoms with E-state index >= 15 is 0 Å². The monoisotopic (exact) mass is 286 g/mol. The Kier molecular flexibility index (Phi) is 5.16. The smallest absolute Gasteiger partial charge is 0.239 e. The average Bonchev–Trinajstić information content (AvgIpc) is 2.67. The number of nitrogens with zero attached hydrogens (tertiary/aromatic N) is 3. The molecule has 0 aromatic heterocycles. The van der Waals surface area contributed by atoms with Gasteiger partial charge >= 0.3 is 0 Å². The summed E-state index contributed by atoms with van der Waals surface area (Å²) in [5.74, 6) is -0.107. The normalized spacial score (nSPS) is 16.0. The molecule has 2 rings (SSSR count). The highest BCUT2D eigenvalue weighted by Crippen LogP contribution is 2.26. The first-order valence-electron chi connectivity index (χ1n) is 6.95. The van der Waals surface area contributed by atoms with Crippen LogP contribution in [0.1, 0.15) is 24.8 Å². The third-order valence-corrected chi connectivity index (χ3v) is 3.41. The Morgan fingerprint density at radius 2 is 2.29 bits per heavy atom. The maximum Gasteiger partial charge on any atom is 0.239 e. The molecule has 2 N–H and O–H groups in total. The number of amides is 1. The van der Waals surface area contributed by atoms with E-state index in [2.05, 4.69) is 10.5 Å². The Labute approximate surface area is 123 Å². The first kappa shape index (κ1) is 14.9. The van der Waals surface area contributed by atoms with E-state index in [9.17, 15) is 4.79 Å². The van der Waals surface area contributed by atoms with Gasteiger partial charge in [0.25, 0.3) is 0 Å². The lowest BCUT2D eigenvalue weighted by Crippen LogP contribution is -2.38. The quantitative estimate of drug-likeness (QED) is 0.498. The van der Waals surface area contributed by atoms with Crippen LogP contribution in [0, 0.1) is 11.3 Å². The maximum atomic E-state index is 11.9. The number of para-hydroxylation sites is 1. The predicted octanol–water partition coefficient (Wildman–Crippen LogP) is 1.49. The zero-order chi connectivity index (χ0) is 15.1. The summed E-state index contributed by atoms with van der Waals surface area (Å²) >= 11 is 0. The van der Waals surface area contributed by atoms with E-state index in [1.165, 1.54) is 0 Å². The van der Waals surface area contributed by atoms with Crippen LogP contribution in [0.2, 0.25) is 0 Å². The minimum atomic E-state index is -0.107. The lowest BCUT2D eigenvalue weighted by Gasteiger charge is -2.23. The molecule has 0 fully saturated rings. The van der Waals surface area contributed by atoms with E-state index in [0.29, 0.717) is 25.1 Å². The maximum absolute atomic E-state index is 11.9. The predicted molar refractivity (Wildman–Crippen MR) is 79.5 cm³/mol. The Morgan fingerprint density at radius 3 is 3.05 bits per heavy atom. The number of hydrogen-bond donors (Lipinski definition) is 2. The van der Waals surface area contributed by atoms with Crippen molar-refractivity contribution in [2.75, 3.05) is 24.5 Å². The third-order valence-electron chi connectivity index (χ3n) is 3.41. The molecule has 0 bridgehead atoms. The second-order valence-electron chi connectivity index (χ2n) is 4.85. The van der Waals surface area contributed by atoms with Crippen molar-refractivity contribution in [2.24, 2.45) is 5.16 Å². The summed E-state index contributed by atoms with van der Waals surface area (Å²) in [5.41, 5.74) is 2.42. The molecule has 110 valence electrons. The molecule has 1 aromatic carbocycles. The molecule has 0 atom stereocenters. The molecule has 1 aliphatic rings. The summed E-state index contributed by atoms with van der Waals surface area (Å²) in [4.78, 5) is 13.9. The molecule has 1 aromatic rings. The van der Waals surface area contributed by atoms with Crippen molar-refractivity contribution < 1.29 is 10.0 Å². The molecule has 0 spiro atoms. The first-order valence-corrected chi connectivity index (χ1v) is 6.95. The van der Waals surface area contributed by atoms with Crippen LogP contribution in [-0.4, -0.2) is 36.5 Å². The number of nitriles is 1. The Morgan fingerprint density at radius 1 is 1.48 bits per heavy atom. The van der Waals surface area contributed by atoms with Crippen LogP contribution >= 0.6 is 0 Å². The number of nitrogens with one attached hydrogen (secondary N) is 1. The first-order chi connectivity index (χ1) is 10.3. The summed E-state index contributed by atoms with van der Waals surface area (Å²) in [6, 6.07) is 9.61. The molecule has 6 nitrogen and oxygen atoms in total. The zero-order valence-corrected chi connectivity index (χ0v) is 11.7. The minimum Gasteiger partial charge on any atom is -0.411 e. The zero-order valence-electron chi connectivity index (χ0n) is 11.7. The summed E-state index contributed by atoms with van der Waals surface area (Å²) in [5, 5.41) is 23.7. The van der Waals surface area contributed by atoms with Crippen molar-refractivity contribution in [3.63, 3.8) is 0 Å². The fourth-order valence-corrected chi connectivity index (χ4v) is 2.44. The van der Waals surface area contributed by atoms with E-state index in [-0.39, 0.29) is 12.5 Å². The molecular formula is C15H18N4O2. The van der Waals surface area contributed by atoms with Gasteiger partial charge in [-0.15, -0.1) is 0 Å². The molecule has 0 saturated carbocycles. The van der Waals surface area contributed by atoms with Gasteiger partial charge in [0.05, 0.1) is 24.7 Å². The summed E-state index contributed by atoms with van der Waals surface area (Å²) < 4.78 is 0. The Balaban J connectivity index is 2.13. The molecule has 0 saturated heterocycles. The van der Waals surface area contributed by atoms with Gasteiger partial charge in [0.2, 0.25) is 5.91 Å². The van der Waals surface area contributed by atoms with Gasteiger partial charge in [-0.3, -0.25) is 4.79 Å². The van der Waals surface area contributed by atoms with Gasteiger partial charge in [0.15, 0.2) is 0 Å². The van der Waals surface area contributed by atoms with Gasteiger partial charge in [0.1, 0.15) is 0 Å². The van der Waals surface area contributed by atoms with Crippen LogP contribution in [0.3, 0.4) is 0 Å². The highest BCUT2D eigenvalue weighted by atomic mass is 16.4. The van der Waals surface area contributed by atoms with Crippen LogP contribution in [0.15, 0.2) is 29.4 Å². The van der Waals surface area contributed by atoms with E-state index in [4.69, 9.17) is 10.5 Å². The fraction of sp³-hybridized carbons (Fsp3) is 0.400. The Hall–Kier alpha value is -2.55. The number of anilines is 1. The van der Waals surface area contributed by atoms with Gasteiger partial charge in [-0.2, -0.15) is 5.26 Å². The number of hydrogen-bond acceptors (Lipinski definition) is 5. The molecule has 0 radical (unpaired) electrons. The molecule has 1 heterocycles. The molecule has 1 aliphatic heterocycles. The third kappa shape index (κ3) is 3.72. The largest absolute Gasteiger partial charge is 0.411 e. The van der Waals surface area contributed by atoms with Crippen LogP contribution < -0.4 is 10.2 Å². The lowest BCUT2D eigenvalue weighted by molar-refractivity contribution is -0.119. The molecular weight excluding hydrogens is 268 g/mol. The van der Waals surface area contributed by atoms with Crippen LogP contribution in [0.25, 0.3) is 0 Å². The molecule has 6 heteroatoms. The number of fused-ring (bicyclic) bond motifs is 1.